The Morgan fingerprint density at radius 2 is 2.22 bits per heavy atom. The third-order valence-corrected chi connectivity index (χ3v) is 3.92. The van der Waals surface area contributed by atoms with Gasteiger partial charge in [-0.3, -0.25) is 10.2 Å². The minimum atomic E-state index is -0.425. The molecule has 4 heteroatoms. The zero-order chi connectivity index (χ0) is 13.2. The molecule has 1 aliphatic heterocycles. The van der Waals surface area contributed by atoms with Crippen LogP contribution in [-0.4, -0.2) is 48.3 Å². The summed E-state index contributed by atoms with van der Waals surface area (Å²) in [5, 5.41) is 12.9. The van der Waals surface area contributed by atoms with Gasteiger partial charge < -0.3 is 4.74 Å². The summed E-state index contributed by atoms with van der Waals surface area (Å²) in [6.45, 7) is 8.85. The molecule has 0 bridgehead atoms. The Morgan fingerprint density at radius 3 is 2.78 bits per heavy atom. The zero-order valence-corrected chi connectivity index (χ0v) is 11.8. The van der Waals surface area contributed by atoms with Crippen LogP contribution in [0.1, 0.15) is 40.0 Å². The lowest BCUT2D eigenvalue weighted by molar-refractivity contribution is -0.0608. The average molecular weight is 251 g/mol. The van der Waals surface area contributed by atoms with Crippen molar-refractivity contribution in [2.75, 3.05) is 19.7 Å². The normalized spacial score (nSPS) is 32.8. The molecule has 2 fully saturated rings. The number of hydrogen-bond acceptors (Lipinski definition) is 4. The molecule has 4 nitrogen and oxygen atoms in total. The van der Waals surface area contributed by atoms with Crippen LogP contribution in [0.5, 0.6) is 0 Å². The summed E-state index contributed by atoms with van der Waals surface area (Å²) in [5.74, 6) is 0. The van der Waals surface area contributed by atoms with Crippen LogP contribution in [0.15, 0.2) is 0 Å². The van der Waals surface area contributed by atoms with Gasteiger partial charge in [-0.05, 0) is 33.1 Å². The summed E-state index contributed by atoms with van der Waals surface area (Å²) in [6, 6.07) is 3.48. The molecule has 1 N–H and O–H groups in total. The second kappa shape index (κ2) is 5.56. The fourth-order valence-electron chi connectivity index (χ4n) is 2.68. The molecule has 0 aromatic rings. The highest BCUT2D eigenvalue weighted by atomic mass is 16.5. The van der Waals surface area contributed by atoms with E-state index >= 15 is 0 Å². The van der Waals surface area contributed by atoms with Crippen molar-refractivity contribution in [1.82, 2.24) is 10.2 Å². The van der Waals surface area contributed by atoms with Gasteiger partial charge in [0.2, 0.25) is 0 Å². The number of nitrogens with zero attached hydrogens (tertiary/aromatic N) is 2. The molecule has 2 aliphatic rings. The van der Waals surface area contributed by atoms with Crippen molar-refractivity contribution in [3.05, 3.63) is 0 Å². The fourth-order valence-corrected chi connectivity index (χ4v) is 2.68. The van der Waals surface area contributed by atoms with Gasteiger partial charge in [-0.1, -0.05) is 6.92 Å². The van der Waals surface area contributed by atoms with E-state index in [-0.39, 0.29) is 6.10 Å². The number of morpholine rings is 1. The molecule has 3 unspecified atom stereocenters. The summed E-state index contributed by atoms with van der Waals surface area (Å²) >= 11 is 0. The molecule has 0 aromatic carbocycles. The third-order valence-electron chi connectivity index (χ3n) is 3.92. The zero-order valence-electron chi connectivity index (χ0n) is 11.8. The molecule has 1 saturated heterocycles. The maximum absolute atomic E-state index is 9.45. The van der Waals surface area contributed by atoms with Gasteiger partial charge in [0.15, 0.2) is 0 Å². The summed E-state index contributed by atoms with van der Waals surface area (Å²) < 4.78 is 5.71. The van der Waals surface area contributed by atoms with Crippen LogP contribution in [0.2, 0.25) is 0 Å². The summed E-state index contributed by atoms with van der Waals surface area (Å²) in [5.41, 5.74) is -0.425. The van der Waals surface area contributed by atoms with E-state index in [1.54, 1.807) is 0 Å². The topological polar surface area (TPSA) is 48.3 Å². The van der Waals surface area contributed by atoms with E-state index in [9.17, 15) is 5.26 Å². The van der Waals surface area contributed by atoms with Crippen LogP contribution in [0.25, 0.3) is 0 Å². The summed E-state index contributed by atoms with van der Waals surface area (Å²) in [6.07, 6.45) is 3.79. The molecule has 0 aromatic heterocycles. The Morgan fingerprint density at radius 1 is 1.50 bits per heavy atom. The van der Waals surface area contributed by atoms with Crippen molar-refractivity contribution in [2.45, 2.75) is 63.8 Å². The van der Waals surface area contributed by atoms with Crippen LogP contribution < -0.4 is 5.32 Å². The van der Waals surface area contributed by atoms with Crippen molar-refractivity contribution in [3.8, 4) is 6.07 Å². The van der Waals surface area contributed by atoms with Crippen molar-refractivity contribution < 1.29 is 4.74 Å². The van der Waals surface area contributed by atoms with Gasteiger partial charge in [0.25, 0.3) is 0 Å². The molecular weight excluding hydrogens is 226 g/mol. The predicted octanol–water partition coefficient (Wildman–Crippen LogP) is 1.52. The molecule has 0 amide bonds. The third kappa shape index (κ3) is 3.44. The molecule has 102 valence electrons. The quantitative estimate of drug-likeness (QED) is 0.805. The smallest absolute Gasteiger partial charge is 0.116 e. The molecule has 18 heavy (non-hydrogen) atoms. The van der Waals surface area contributed by atoms with Crippen LogP contribution in [-0.2, 0) is 4.74 Å². The maximum Gasteiger partial charge on any atom is 0.116 e. The van der Waals surface area contributed by atoms with Gasteiger partial charge in [0, 0.05) is 25.2 Å². The van der Waals surface area contributed by atoms with E-state index in [0.717, 1.165) is 26.1 Å². The first-order chi connectivity index (χ1) is 8.56. The molecule has 1 heterocycles. The SMILES string of the molecule is CCC1COC(C)CN1CC(C)(C#N)NC1CC1. The average Bonchev–Trinajstić information content (AvgIpc) is 3.13. The standard InChI is InChI=1S/C14H25N3O/c1-4-13-8-18-11(2)7-17(13)10-14(3,9-15)16-12-5-6-12/h11-13,16H,4-8,10H2,1-3H3. The first-order valence-corrected chi connectivity index (χ1v) is 7.11. The number of rotatable bonds is 5. The fraction of sp³-hybridized carbons (Fsp3) is 0.929. The van der Waals surface area contributed by atoms with Crippen molar-refractivity contribution >= 4 is 0 Å². The molecule has 1 saturated carbocycles. The highest BCUT2D eigenvalue weighted by Crippen LogP contribution is 2.24. The monoisotopic (exact) mass is 251 g/mol. The molecule has 0 spiro atoms. The van der Waals surface area contributed by atoms with E-state index in [1.165, 1.54) is 12.8 Å². The van der Waals surface area contributed by atoms with E-state index in [4.69, 9.17) is 4.74 Å². The first kappa shape index (κ1) is 13.8. The number of hydrogen-bond donors (Lipinski definition) is 1. The number of ether oxygens (including phenoxy) is 1. The van der Waals surface area contributed by atoms with Gasteiger partial charge >= 0.3 is 0 Å². The van der Waals surface area contributed by atoms with Gasteiger partial charge in [0.05, 0.1) is 18.8 Å². The Hall–Kier alpha value is -0.630. The molecule has 3 atom stereocenters. The number of nitriles is 1. The molecule has 0 radical (unpaired) electrons. The largest absolute Gasteiger partial charge is 0.376 e. The van der Waals surface area contributed by atoms with Crippen LogP contribution in [0.4, 0.5) is 0 Å². The Bertz CT molecular complexity index is 323. The maximum atomic E-state index is 9.45. The lowest BCUT2D eigenvalue weighted by atomic mass is 10.0. The van der Waals surface area contributed by atoms with E-state index < -0.39 is 5.54 Å². The van der Waals surface area contributed by atoms with E-state index in [0.29, 0.717) is 12.1 Å². The number of nitrogens with one attached hydrogen (secondary N) is 1. The van der Waals surface area contributed by atoms with E-state index in [2.05, 4.69) is 30.1 Å². The minimum absolute atomic E-state index is 0.275. The van der Waals surface area contributed by atoms with Gasteiger partial charge in [-0.2, -0.15) is 5.26 Å². The Balaban J connectivity index is 1.97. The van der Waals surface area contributed by atoms with Crippen LogP contribution in [0.3, 0.4) is 0 Å². The molecule has 1 aliphatic carbocycles. The van der Waals surface area contributed by atoms with Gasteiger partial charge in [-0.15, -0.1) is 0 Å². The minimum Gasteiger partial charge on any atom is -0.376 e. The highest BCUT2D eigenvalue weighted by Gasteiger charge is 2.37. The van der Waals surface area contributed by atoms with E-state index in [1.807, 2.05) is 6.92 Å². The van der Waals surface area contributed by atoms with Crippen LogP contribution in [0, 0.1) is 11.3 Å². The molecule has 2 rings (SSSR count). The summed E-state index contributed by atoms with van der Waals surface area (Å²) in [7, 11) is 0. The molecular formula is C14H25N3O. The Kier molecular flexibility index (Phi) is 4.26. The van der Waals surface area contributed by atoms with Crippen molar-refractivity contribution in [2.24, 2.45) is 0 Å². The Labute approximate surface area is 110 Å². The summed E-state index contributed by atoms with van der Waals surface area (Å²) in [4.78, 5) is 2.42. The second-order valence-corrected chi connectivity index (χ2v) is 6.00. The van der Waals surface area contributed by atoms with Crippen molar-refractivity contribution in [3.63, 3.8) is 0 Å². The lowest BCUT2D eigenvalue weighted by Gasteiger charge is -2.41. The van der Waals surface area contributed by atoms with Crippen LogP contribution >= 0.6 is 0 Å². The van der Waals surface area contributed by atoms with Crippen molar-refractivity contribution in [1.29, 1.82) is 5.26 Å². The lowest BCUT2D eigenvalue weighted by Crippen LogP contribution is -2.57. The van der Waals surface area contributed by atoms with Gasteiger partial charge in [-0.25, -0.2) is 0 Å². The predicted molar refractivity (Wildman–Crippen MR) is 71.2 cm³/mol. The second-order valence-electron chi connectivity index (χ2n) is 6.00. The highest BCUT2D eigenvalue weighted by molar-refractivity contribution is 5.09. The van der Waals surface area contributed by atoms with Gasteiger partial charge in [0.1, 0.15) is 5.54 Å². The first-order valence-electron chi connectivity index (χ1n) is 7.11.